The van der Waals surface area contributed by atoms with Crippen LogP contribution in [-0.2, 0) is 6.42 Å². The molecule has 0 aliphatic heterocycles. The summed E-state index contributed by atoms with van der Waals surface area (Å²) in [6, 6.07) is 18.0. The molecule has 0 aromatic heterocycles. The minimum atomic E-state index is 0.214. The van der Waals surface area contributed by atoms with Crippen LogP contribution in [0.4, 0.5) is 0 Å². The monoisotopic (exact) mass is 248 g/mol. The van der Waals surface area contributed by atoms with Crippen molar-refractivity contribution in [3.63, 3.8) is 0 Å². The lowest BCUT2D eigenvalue weighted by atomic mass is 9.89. The van der Waals surface area contributed by atoms with Gasteiger partial charge in [-0.05, 0) is 24.0 Å². The van der Waals surface area contributed by atoms with Crippen LogP contribution in [0.15, 0.2) is 60.2 Å². The van der Waals surface area contributed by atoms with E-state index in [1.54, 1.807) is 0 Å². The van der Waals surface area contributed by atoms with Crippen molar-refractivity contribution >= 4 is 11.9 Å². The topological polar surface area (TPSA) is 17.1 Å². The number of fused-ring (bicyclic) bond motifs is 1. The van der Waals surface area contributed by atoms with Crippen LogP contribution < -0.4 is 0 Å². The number of ketones is 1. The van der Waals surface area contributed by atoms with Crippen LogP contribution in [-0.4, -0.2) is 5.78 Å². The summed E-state index contributed by atoms with van der Waals surface area (Å²) in [4.78, 5) is 12.2. The Morgan fingerprint density at radius 3 is 2.47 bits per heavy atom. The SMILES string of the molecule is O=C(CC1=Cc2ccccc2CC1)c1ccccc1. The number of aryl methyl sites for hydroxylation is 1. The van der Waals surface area contributed by atoms with E-state index < -0.39 is 0 Å². The zero-order valence-electron chi connectivity index (χ0n) is 10.8. The largest absolute Gasteiger partial charge is 0.294 e. The first-order valence-electron chi connectivity index (χ1n) is 6.68. The molecule has 0 saturated carbocycles. The summed E-state index contributed by atoms with van der Waals surface area (Å²) >= 11 is 0. The molecule has 3 rings (SSSR count). The molecule has 94 valence electrons. The van der Waals surface area contributed by atoms with Crippen molar-refractivity contribution in [1.29, 1.82) is 0 Å². The first kappa shape index (κ1) is 11.9. The van der Waals surface area contributed by atoms with Crippen molar-refractivity contribution in [2.24, 2.45) is 0 Å². The van der Waals surface area contributed by atoms with Crippen molar-refractivity contribution < 1.29 is 4.79 Å². The maximum absolute atomic E-state index is 12.2. The van der Waals surface area contributed by atoms with Crippen LogP contribution in [0.3, 0.4) is 0 Å². The first-order chi connectivity index (χ1) is 9.33. The van der Waals surface area contributed by atoms with Crippen LogP contribution in [0.2, 0.25) is 0 Å². The van der Waals surface area contributed by atoms with Crippen LogP contribution in [0.1, 0.15) is 34.3 Å². The molecule has 0 N–H and O–H groups in total. The molecule has 1 nitrogen and oxygen atoms in total. The number of Topliss-reactive ketones (excluding diaryl/α,β-unsaturated/α-hetero) is 1. The van der Waals surface area contributed by atoms with Gasteiger partial charge < -0.3 is 0 Å². The second-order valence-electron chi connectivity index (χ2n) is 4.97. The zero-order chi connectivity index (χ0) is 13.1. The second-order valence-corrected chi connectivity index (χ2v) is 4.97. The van der Waals surface area contributed by atoms with Gasteiger partial charge in [0.05, 0.1) is 0 Å². The third-order valence-electron chi connectivity index (χ3n) is 3.61. The third kappa shape index (κ3) is 2.65. The number of hydrogen-bond donors (Lipinski definition) is 0. The Kier molecular flexibility index (Phi) is 3.28. The standard InChI is InChI=1S/C18H16O/c19-18(16-7-2-1-3-8-16)13-14-10-11-15-6-4-5-9-17(15)12-14/h1-9,12H,10-11,13H2. The molecule has 1 aliphatic carbocycles. The molecular formula is C18H16O. The molecule has 0 spiro atoms. The normalized spacial score (nSPS) is 13.6. The molecule has 0 radical (unpaired) electrons. The highest BCUT2D eigenvalue weighted by atomic mass is 16.1. The second kappa shape index (κ2) is 5.23. The molecular weight excluding hydrogens is 232 g/mol. The molecule has 0 heterocycles. The van der Waals surface area contributed by atoms with Crippen molar-refractivity contribution in [2.45, 2.75) is 19.3 Å². The lowest BCUT2D eigenvalue weighted by molar-refractivity contribution is 0.0992. The van der Waals surface area contributed by atoms with Gasteiger partial charge in [-0.3, -0.25) is 4.79 Å². The van der Waals surface area contributed by atoms with E-state index in [1.165, 1.54) is 16.7 Å². The predicted molar refractivity (Wildman–Crippen MR) is 78.1 cm³/mol. The highest BCUT2D eigenvalue weighted by Gasteiger charge is 2.13. The average Bonchev–Trinajstić information content (AvgIpc) is 2.48. The van der Waals surface area contributed by atoms with Gasteiger partial charge in [-0.2, -0.15) is 0 Å². The van der Waals surface area contributed by atoms with Crippen LogP contribution in [0.25, 0.3) is 6.08 Å². The smallest absolute Gasteiger partial charge is 0.166 e. The maximum Gasteiger partial charge on any atom is 0.166 e. The minimum Gasteiger partial charge on any atom is -0.294 e. The van der Waals surface area contributed by atoms with E-state index in [1.807, 2.05) is 30.3 Å². The molecule has 1 aliphatic rings. The van der Waals surface area contributed by atoms with Crippen LogP contribution >= 0.6 is 0 Å². The molecule has 0 unspecified atom stereocenters. The van der Waals surface area contributed by atoms with Gasteiger partial charge in [-0.1, -0.05) is 66.2 Å². The van der Waals surface area contributed by atoms with E-state index >= 15 is 0 Å². The number of hydrogen-bond acceptors (Lipinski definition) is 1. The Bertz CT molecular complexity index is 623. The quantitative estimate of drug-likeness (QED) is 0.740. The minimum absolute atomic E-state index is 0.214. The number of benzene rings is 2. The van der Waals surface area contributed by atoms with Crippen molar-refractivity contribution in [1.82, 2.24) is 0 Å². The Labute approximate surface area is 113 Å². The number of rotatable bonds is 3. The van der Waals surface area contributed by atoms with Gasteiger partial charge in [0.25, 0.3) is 0 Å². The summed E-state index contributed by atoms with van der Waals surface area (Å²) in [6.07, 6.45) is 4.76. The lowest BCUT2D eigenvalue weighted by Gasteiger charge is -2.15. The Hall–Kier alpha value is -2.15. The van der Waals surface area contributed by atoms with E-state index in [4.69, 9.17) is 0 Å². The van der Waals surface area contributed by atoms with Crippen molar-refractivity contribution in [3.05, 3.63) is 76.9 Å². The van der Waals surface area contributed by atoms with Crippen molar-refractivity contribution in [3.8, 4) is 0 Å². The fourth-order valence-corrected chi connectivity index (χ4v) is 2.56. The maximum atomic E-state index is 12.2. The Balaban J connectivity index is 1.79. The van der Waals surface area contributed by atoms with Gasteiger partial charge in [-0.15, -0.1) is 0 Å². The molecule has 2 aromatic rings. The van der Waals surface area contributed by atoms with Crippen molar-refractivity contribution in [2.75, 3.05) is 0 Å². The first-order valence-corrected chi connectivity index (χ1v) is 6.68. The van der Waals surface area contributed by atoms with Gasteiger partial charge in [0.2, 0.25) is 0 Å². The molecule has 2 aromatic carbocycles. The molecule has 0 atom stereocenters. The summed E-state index contributed by atoms with van der Waals surface area (Å²) < 4.78 is 0. The van der Waals surface area contributed by atoms with E-state index in [-0.39, 0.29) is 5.78 Å². The number of carbonyl (C=O) groups excluding carboxylic acids is 1. The average molecular weight is 248 g/mol. The third-order valence-corrected chi connectivity index (χ3v) is 3.61. The molecule has 0 amide bonds. The van der Waals surface area contributed by atoms with Crippen LogP contribution in [0.5, 0.6) is 0 Å². The Morgan fingerprint density at radius 1 is 0.895 bits per heavy atom. The van der Waals surface area contributed by atoms with E-state index in [0.717, 1.165) is 18.4 Å². The summed E-state index contributed by atoms with van der Waals surface area (Å²) in [7, 11) is 0. The van der Waals surface area contributed by atoms with Gasteiger partial charge in [0, 0.05) is 12.0 Å². The molecule has 19 heavy (non-hydrogen) atoms. The summed E-state index contributed by atoms with van der Waals surface area (Å²) in [5, 5.41) is 0. The van der Waals surface area contributed by atoms with E-state index in [2.05, 4.69) is 30.3 Å². The fourth-order valence-electron chi connectivity index (χ4n) is 2.56. The predicted octanol–water partition coefficient (Wildman–Crippen LogP) is 4.29. The summed E-state index contributed by atoms with van der Waals surface area (Å²) in [6.45, 7) is 0. The Morgan fingerprint density at radius 2 is 1.63 bits per heavy atom. The number of allylic oxidation sites excluding steroid dienone is 1. The van der Waals surface area contributed by atoms with Crippen LogP contribution in [0, 0.1) is 0 Å². The number of carbonyl (C=O) groups is 1. The summed E-state index contributed by atoms with van der Waals surface area (Å²) in [5.41, 5.74) is 4.71. The zero-order valence-corrected chi connectivity index (χ0v) is 10.8. The molecule has 0 bridgehead atoms. The lowest BCUT2D eigenvalue weighted by Crippen LogP contribution is -2.05. The molecule has 1 heteroatoms. The van der Waals surface area contributed by atoms with Gasteiger partial charge in [0.1, 0.15) is 0 Å². The fraction of sp³-hybridized carbons (Fsp3) is 0.167. The molecule has 0 fully saturated rings. The van der Waals surface area contributed by atoms with Gasteiger partial charge in [0.15, 0.2) is 5.78 Å². The molecule has 0 saturated heterocycles. The highest BCUT2D eigenvalue weighted by molar-refractivity contribution is 5.98. The van der Waals surface area contributed by atoms with Gasteiger partial charge >= 0.3 is 0 Å². The summed E-state index contributed by atoms with van der Waals surface area (Å²) in [5.74, 6) is 0.214. The van der Waals surface area contributed by atoms with E-state index in [9.17, 15) is 4.79 Å². The van der Waals surface area contributed by atoms with Gasteiger partial charge in [-0.25, -0.2) is 0 Å². The van der Waals surface area contributed by atoms with E-state index in [0.29, 0.717) is 6.42 Å². The highest BCUT2D eigenvalue weighted by Crippen LogP contribution is 2.26.